The topological polar surface area (TPSA) is 87.7 Å². The van der Waals surface area contributed by atoms with E-state index in [9.17, 15) is 14.4 Å². The molecule has 0 fully saturated rings. The monoisotopic (exact) mass is 605 g/mol. The lowest BCUT2D eigenvalue weighted by molar-refractivity contribution is -0.142. The van der Waals surface area contributed by atoms with E-state index in [2.05, 4.69) is 24.1 Å². The van der Waals surface area contributed by atoms with Crippen LogP contribution in [0.2, 0.25) is 0 Å². The first-order chi connectivity index (χ1) is 20.8. The van der Waals surface area contributed by atoms with E-state index in [1.165, 1.54) is 6.42 Å². The molecule has 0 bridgehead atoms. The van der Waals surface area contributed by atoms with Crippen LogP contribution in [-0.2, 0) is 14.3 Å². The third kappa shape index (κ3) is 11.1. The number of anilines is 1. The minimum absolute atomic E-state index is 0.191. The molecule has 242 valence electrons. The summed E-state index contributed by atoms with van der Waals surface area (Å²) in [5, 5.41) is 6.01. The van der Waals surface area contributed by atoms with Gasteiger partial charge in [-0.15, -0.1) is 0 Å². The number of aryl methyl sites for hydroxylation is 2. The van der Waals surface area contributed by atoms with E-state index in [-0.39, 0.29) is 17.7 Å². The molecule has 3 amide bonds. The molecule has 0 spiro atoms. The Labute approximate surface area is 265 Å². The molecule has 7 nitrogen and oxygen atoms in total. The van der Waals surface area contributed by atoms with E-state index in [0.717, 1.165) is 54.5 Å². The van der Waals surface area contributed by atoms with Crippen LogP contribution in [-0.4, -0.2) is 41.0 Å². The third-order valence-corrected chi connectivity index (χ3v) is 7.94. The summed E-state index contributed by atoms with van der Waals surface area (Å²) in [6.07, 6.45) is 7.94. The number of hydrogen-bond donors (Lipinski definition) is 2. The van der Waals surface area contributed by atoms with Gasteiger partial charge in [0.05, 0.1) is 0 Å². The number of rotatable bonds is 16. The highest BCUT2D eigenvalue weighted by Gasteiger charge is 2.38. The Kier molecular flexibility index (Phi) is 14.7. The molecule has 2 rings (SSSR count). The molecule has 0 aliphatic heterocycles. The van der Waals surface area contributed by atoms with Crippen molar-refractivity contribution < 1.29 is 19.1 Å². The molecule has 2 N–H and O–H groups in total. The largest absolute Gasteiger partial charge is 0.444 e. The number of nitrogens with zero attached hydrogens (tertiary/aromatic N) is 1. The average molecular weight is 606 g/mol. The molecule has 0 aliphatic carbocycles. The molecular formula is C37H55N3O4. The molecule has 0 heterocycles. The van der Waals surface area contributed by atoms with E-state index in [4.69, 9.17) is 4.74 Å². The van der Waals surface area contributed by atoms with E-state index >= 15 is 0 Å². The molecule has 7 heteroatoms. The van der Waals surface area contributed by atoms with Crippen molar-refractivity contribution in [2.45, 2.75) is 118 Å². The number of nitrogens with one attached hydrogen (secondary N) is 2. The number of para-hydroxylation sites is 1. The Morgan fingerprint density at radius 2 is 1.57 bits per heavy atom. The van der Waals surface area contributed by atoms with E-state index in [1.807, 2.05) is 70.2 Å². The summed E-state index contributed by atoms with van der Waals surface area (Å²) >= 11 is 0. The van der Waals surface area contributed by atoms with Gasteiger partial charge in [0.1, 0.15) is 17.7 Å². The van der Waals surface area contributed by atoms with Crippen molar-refractivity contribution in [1.82, 2.24) is 10.2 Å². The maximum atomic E-state index is 14.6. The maximum absolute atomic E-state index is 14.6. The van der Waals surface area contributed by atoms with Gasteiger partial charge in [-0.25, -0.2) is 4.79 Å². The lowest BCUT2D eigenvalue weighted by atomic mass is 9.94. The molecular weight excluding hydrogens is 550 g/mol. The van der Waals surface area contributed by atoms with Crippen molar-refractivity contribution >= 4 is 29.7 Å². The van der Waals surface area contributed by atoms with Crippen LogP contribution in [0.25, 0.3) is 6.08 Å². The molecule has 0 aliphatic rings. The summed E-state index contributed by atoms with van der Waals surface area (Å²) in [6.45, 7) is 19.7. The van der Waals surface area contributed by atoms with Gasteiger partial charge in [0, 0.05) is 12.2 Å². The number of alkyl carbamates (subject to hydrolysis) is 1. The van der Waals surface area contributed by atoms with Gasteiger partial charge in [0.15, 0.2) is 0 Å². The van der Waals surface area contributed by atoms with Crippen molar-refractivity contribution in [1.29, 1.82) is 0 Å². The Morgan fingerprint density at radius 3 is 2.16 bits per heavy atom. The lowest BCUT2D eigenvalue weighted by Gasteiger charge is -2.36. The number of carbonyl (C=O) groups is 3. The van der Waals surface area contributed by atoms with Gasteiger partial charge in [-0.05, 0) is 75.3 Å². The summed E-state index contributed by atoms with van der Waals surface area (Å²) < 4.78 is 5.55. The predicted octanol–water partition coefficient (Wildman–Crippen LogP) is 8.75. The number of amides is 3. The van der Waals surface area contributed by atoms with Crippen molar-refractivity contribution in [3.8, 4) is 0 Å². The van der Waals surface area contributed by atoms with Crippen LogP contribution in [0.1, 0.15) is 115 Å². The second-order valence-corrected chi connectivity index (χ2v) is 12.8. The van der Waals surface area contributed by atoms with Crippen LogP contribution in [0.15, 0.2) is 49.0 Å². The molecule has 0 saturated carbocycles. The molecule has 2 aromatic rings. The van der Waals surface area contributed by atoms with Crippen molar-refractivity contribution in [2.75, 3.05) is 11.9 Å². The molecule has 0 saturated heterocycles. The van der Waals surface area contributed by atoms with Crippen LogP contribution in [0.4, 0.5) is 10.5 Å². The van der Waals surface area contributed by atoms with Crippen LogP contribution < -0.4 is 10.6 Å². The first-order valence-corrected chi connectivity index (χ1v) is 16.2. The van der Waals surface area contributed by atoms with E-state index < -0.39 is 23.8 Å². The third-order valence-electron chi connectivity index (χ3n) is 7.94. The second kappa shape index (κ2) is 17.6. The fourth-order valence-electron chi connectivity index (χ4n) is 5.26. The van der Waals surface area contributed by atoms with Crippen molar-refractivity contribution in [3.05, 3.63) is 71.3 Å². The molecule has 44 heavy (non-hydrogen) atoms. The van der Waals surface area contributed by atoms with Gasteiger partial charge in [0.25, 0.3) is 5.91 Å². The van der Waals surface area contributed by atoms with Crippen LogP contribution in [0, 0.1) is 19.8 Å². The number of carbonyl (C=O) groups excluding carboxylic acids is 3. The first kappa shape index (κ1) is 36.6. The molecule has 0 radical (unpaired) electrons. The highest BCUT2D eigenvalue weighted by molar-refractivity contribution is 6.00. The smallest absolute Gasteiger partial charge is 0.408 e. The highest BCUT2D eigenvalue weighted by Crippen LogP contribution is 2.29. The summed E-state index contributed by atoms with van der Waals surface area (Å²) in [4.78, 5) is 43.6. The SMILES string of the molecule is C=Cc1cccc(C(C(=O)Nc2c(C)cccc2C)N(CCCCCCCC)C(=O)C(NC(=O)OC(C)(C)C)C(C)CC)c1. The zero-order valence-corrected chi connectivity index (χ0v) is 28.3. The Morgan fingerprint density at radius 1 is 0.955 bits per heavy atom. The summed E-state index contributed by atoms with van der Waals surface area (Å²) in [6, 6.07) is 11.7. The number of benzene rings is 2. The predicted molar refractivity (Wildman–Crippen MR) is 182 cm³/mol. The van der Waals surface area contributed by atoms with Crippen molar-refractivity contribution in [3.63, 3.8) is 0 Å². The molecule has 3 unspecified atom stereocenters. The van der Waals surface area contributed by atoms with E-state index in [0.29, 0.717) is 18.5 Å². The van der Waals surface area contributed by atoms with Crippen molar-refractivity contribution in [2.24, 2.45) is 5.92 Å². The maximum Gasteiger partial charge on any atom is 0.408 e. The summed E-state index contributed by atoms with van der Waals surface area (Å²) in [7, 11) is 0. The fraction of sp³-hybridized carbons (Fsp3) is 0.541. The molecule has 0 aromatic heterocycles. The van der Waals surface area contributed by atoms with Crippen LogP contribution in [0.5, 0.6) is 0 Å². The number of unbranched alkanes of at least 4 members (excludes halogenated alkanes) is 5. The zero-order valence-electron chi connectivity index (χ0n) is 28.3. The van der Waals surface area contributed by atoms with Crippen LogP contribution >= 0.6 is 0 Å². The summed E-state index contributed by atoms with van der Waals surface area (Å²) in [5.41, 5.74) is 3.43. The minimum atomic E-state index is -0.927. The Balaban J connectivity index is 2.61. The average Bonchev–Trinajstić information content (AvgIpc) is 2.97. The minimum Gasteiger partial charge on any atom is -0.444 e. The second-order valence-electron chi connectivity index (χ2n) is 12.8. The van der Waals surface area contributed by atoms with Gasteiger partial charge < -0.3 is 20.3 Å². The highest BCUT2D eigenvalue weighted by atomic mass is 16.6. The number of hydrogen-bond acceptors (Lipinski definition) is 4. The molecule has 2 aromatic carbocycles. The van der Waals surface area contributed by atoms with Gasteiger partial charge in [-0.3, -0.25) is 9.59 Å². The standard InChI is InChI=1S/C37H55N3O4/c1-10-13-14-15-16-17-24-40(35(42)32(26(4)11-2)39-36(43)44-37(7,8)9)33(30-23-19-22-29(12-3)25-30)34(41)38-31-27(5)20-18-21-28(31)6/h12,18-23,25-26,32-33H,3,10-11,13-17,24H2,1-2,4-9H3,(H,38,41)(H,39,43). The zero-order chi connectivity index (χ0) is 32.9. The normalized spacial score (nSPS) is 13.4. The number of ether oxygens (including phenoxy) is 1. The lowest BCUT2D eigenvalue weighted by Crippen LogP contribution is -2.55. The summed E-state index contributed by atoms with van der Waals surface area (Å²) in [5.74, 6) is -0.795. The first-order valence-electron chi connectivity index (χ1n) is 16.2. The Bertz CT molecular complexity index is 1230. The Hall–Kier alpha value is -3.61. The van der Waals surface area contributed by atoms with Gasteiger partial charge in [-0.1, -0.05) is 108 Å². The van der Waals surface area contributed by atoms with Crippen LogP contribution in [0.3, 0.4) is 0 Å². The molecule has 3 atom stereocenters. The fourth-order valence-corrected chi connectivity index (χ4v) is 5.26. The van der Waals surface area contributed by atoms with E-state index in [1.54, 1.807) is 31.7 Å². The van der Waals surface area contributed by atoms with Gasteiger partial charge in [0.2, 0.25) is 5.91 Å². The van der Waals surface area contributed by atoms with Gasteiger partial charge in [-0.2, -0.15) is 0 Å². The van der Waals surface area contributed by atoms with Gasteiger partial charge >= 0.3 is 6.09 Å². The quantitative estimate of drug-likeness (QED) is 0.187.